The molecule has 0 saturated carbocycles. The van der Waals surface area contributed by atoms with Crippen LogP contribution in [0.1, 0.15) is 12.2 Å². The van der Waals surface area contributed by atoms with Crippen LogP contribution in [0.4, 0.5) is 5.82 Å². The summed E-state index contributed by atoms with van der Waals surface area (Å²) in [6.07, 6.45) is 7.81. The molecule has 27 heavy (non-hydrogen) atoms. The van der Waals surface area contributed by atoms with Crippen molar-refractivity contribution in [2.75, 3.05) is 18.0 Å². The molecule has 0 unspecified atom stereocenters. The number of anilines is 1. The maximum absolute atomic E-state index is 4.64. The van der Waals surface area contributed by atoms with E-state index in [-0.39, 0.29) is 0 Å². The van der Waals surface area contributed by atoms with Crippen molar-refractivity contribution in [2.24, 2.45) is 0 Å². The fourth-order valence-electron chi connectivity index (χ4n) is 3.06. The minimum atomic E-state index is 0.842. The molecule has 0 N–H and O–H groups in total. The van der Waals surface area contributed by atoms with E-state index in [0.29, 0.717) is 0 Å². The van der Waals surface area contributed by atoms with Crippen LogP contribution in [0.3, 0.4) is 0 Å². The summed E-state index contributed by atoms with van der Waals surface area (Å²) in [5, 5.41) is 1.15. The monoisotopic (exact) mass is 355 g/mol. The van der Waals surface area contributed by atoms with Crippen LogP contribution in [-0.4, -0.2) is 33.0 Å². The first-order valence-electron chi connectivity index (χ1n) is 9.10. The molecule has 2 aromatic carbocycles. The van der Waals surface area contributed by atoms with Gasteiger partial charge in [-0.25, -0.2) is 9.97 Å². The highest BCUT2D eigenvalue weighted by Crippen LogP contribution is 2.30. The Morgan fingerprint density at radius 3 is 2.07 bits per heavy atom. The number of aryl methyl sites for hydroxylation is 1. The first-order chi connectivity index (χ1) is 13.3. The van der Waals surface area contributed by atoms with Crippen LogP contribution < -0.4 is 4.90 Å². The van der Waals surface area contributed by atoms with Gasteiger partial charge in [-0.1, -0.05) is 36.4 Å². The Bertz CT molecular complexity index is 988. The smallest absolute Gasteiger partial charge is 0.140 e. The van der Waals surface area contributed by atoms with Crippen LogP contribution in [0.5, 0.6) is 0 Å². The molecular formula is C22H21N5. The van der Waals surface area contributed by atoms with Crippen LogP contribution in [0.25, 0.3) is 22.0 Å². The molecule has 5 rings (SSSR count). The fourth-order valence-corrected chi connectivity index (χ4v) is 3.06. The van der Waals surface area contributed by atoms with Gasteiger partial charge < -0.3 is 4.90 Å². The minimum Gasteiger partial charge on any atom is -0.356 e. The highest BCUT2D eigenvalue weighted by Gasteiger charge is 2.19. The van der Waals surface area contributed by atoms with Gasteiger partial charge in [0.25, 0.3) is 0 Å². The van der Waals surface area contributed by atoms with Crippen LogP contribution in [0.15, 0.2) is 73.3 Å². The third kappa shape index (κ3) is 3.92. The van der Waals surface area contributed by atoms with Crippen molar-refractivity contribution < 1.29 is 0 Å². The topological polar surface area (TPSA) is 54.8 Å². The normalized spacial score (nSPS) is 12.9. The third-order valence-corrected chi connectivity index (χ3v) is 4.53. The second-order valence-corrected chi connectivity index (χ2v) is 6.43. The molecule has 3 heterocycles. The zero-order valence-electron chi connectivity index (χ0n) is 15.3. The van der Waals surface area contributed by atoms with Crippen molar-refractivity contribution in [1.29, 1.82) is 0 Å². The first-order valence-corrected chi connectivity index (χ1v) is 9.10. The molecule has 0 spiro atoms. The van der Waals surface area contributed by atoms with Gasteiger partial charge in [-0.3, -0.25) is 9.97 Å². The van der Waals surface area contributed by atoms with E-state index in [9.17, 15) is 0 Å². The number of aromatic nitrogens is 4. The molecule has 1 aliphatic heterocycles. The van der Waals surface area contributed by atoms with Crippen molar-refractivity contribution >= 4 is 16.7 Å². The Hall–Kier alpha value is -3.34. The van der Waals surface area contributed by atoms with Crippen LogP contribution in [0, 0.1) is 6.92 Å². The van der Waals surface area contributed by atoms with E-state index in [2.05, 4.69) is 67.3 Å². The maximum Gasteiger partial charge on any atom is 0.140 e. The molecule has 1 aliphatic rings. The van der Waals surface area contributed by atoms with Gasteiger partial charge in [0, 0.05) is 43.3 Å². The molecule has 5 nitrogen and oxygen atoms in total. The van der Waals surface area contributed by atoms with Crippen LogP contribution in [0.2, 0.25) is 0 Å². The van der Waals surface area contributed by atoms with E-state index < -0.39 is 0 Å². The number of nitrogens with zero attached hydrogens (tertiary/aromatic N) is 5. The average molecular weight is 355 g/mol. The zero-order valence-corrected chi connectivity index (χ0v) is 15.3. The van der Waals surface area contributed by atoms with Crippen molar-refractivity contribution in [3.63, 3.8) is 0 Å². The third-order valence-electron chi connectivity index (χ3n) is 4.53. The number of benzene rings is 2. The lowest BCUT2D eigenvalue weighted by atomic mass is 10.0. The van der Waals surface area contributed by atoms with Crippen LogP contribution >= 0.6 is 0 Å². The number of hydrogen-bond acceptors (Lipinski definition) is 5. The maximum atomic E-state index is 4.64. The second kappa shape index (κ2) is 7.91. The Kier molecular flexibility index (Phi) is 5.01. The highest BCUT2D eigenvalue weighted by atomic mass is 15.2. The molecule has 4 aromatic rings. The van der Waals surface area contributed by atoms with Gasteiger partial charge in [0.05, 0.1) is 5.52 Å². The highest BCUT2D eigenvalue weighted by molar-refractivity contribution is 5.92. The van der Waals surface area contributed by atoms with E-state index in [1.807, 2.05) is 13.0 Å². The summed E-state index contributed by atoms with van der Waals surface area (Å²) in [6.45, 7) is 4.18. The summed E-state index contributed by atoms with van der Waals surface area (Å²) in [5.41, 5.74) is 3.46. The minimum absolute atomic E-state index is 0.842. The lowest BCUT2D eigenvalue weighted by molar-refractivity contribution is 0.610. The van der Waals surface area contributed by atoms with Gasteiger partial charge in [0.2, 0.25) is 0 Å². The molecule has 0 amide bonds. The molecule has 2 aromatic heterocycles. The van der Waals surface area contributed by atoms with Gasteiger partial charge in [0.15, 0.2) is 0 Å². The lowest BCUT2D eigenvalue weighted by Crippen LogP contribution is -2.37. The van der Waals surface area contributed by atoms with Gasteiger partial charge in [-0.15, -0.1) is 0 Å². The SMILES string of the molecule is Cc1nc(N2CCC2)c2ccc(-c3ccccc3)cc2n1.c1cnccn1. The van der Waals surface area contributed by atoms with Crippen molar-refractivity contribution in [1.82, 2.24) is 19.9 Å². The first kappa shape index (κ1) is 17.1. The standard InChI is InChI=1S/C18H17N3.C4H4N2/c1-13-19-17-12-15(14-6-3-2-4-7-14)8-9-16(17)18(20-13)21-10-5-11-21;1-2-6-4-3-5-1/h2-4,6-9,12H,5,10-11H2,1H3;1-4H. The van der Waals surface area contributed by atoms with E-state index in [1.54, 1.807) is 24.8 Å². The molecule has 134 valence electrons. The molecule has 1 saturated heterocycles. The van der Waals surface area contributed by atoms with Gasteiger partial charge in [-0.2, -0.15) is 0 Å². The lowest BCUT2D eigenvalue weighted by Gasteiger charge is -2.32. The van der Waals surface area contributed by atoms with E-state index in [1.165, 1.54) is 17.5 Å². The molecular weight excluding hydrogens is 334 g/mol. The second-order valence-electron chi connectivity index (χ2n) is 6.43. The molecule has 0 atom stereocenters. The van der Waals surface area contributed by atoms with Gasteiger partial charge in [-0.05, 0) is 36.6 Å². The van der Waals surface area contributed by atoms with E-state index >= 15 is 0 Å². The summed E-state index contributed by atoms with van der Waals surface area (Å²) >= 11 is 0. The van der Waals surface area contributed by atoms with Gasteiger partial charge in [0.1, 0.15) is 11.6 Å². The number of hydrogen-bond donors (Lipinski definition) is 0. The summed E-state index contributed by atoms with van der Waals surface area (Å²) in [6, 6.07) is 16.9. The summed E-state index contributed by atoms with van der Waals surface area (Å²) < 4.78 is 0. The molecule has 0 aliphatic carbocycles. The molecule has 1 fully saturated rings. The number of fused-ring (bicyclic) bond motifs is 1. The Morgan fingerprint density at radius 2 is 1.48 bits per heavy atom. The summed E-state index contributed by atoms with van der Waals surface area (Å²) in [5.74, 6) is 1.93. The van der Waals surface area contributed by atoms with Crippen LogP contribution in [-0.2, 0) is 0 Å². The van der Waals surface area contributed by atoms with E-state index in [4.69, 9.17) is 0 Å². The molecule has 5 heteroatoms. The average Bonchev–Trinajstić information content (AvgIpc) is 2.68. The predicted molar refractivity (Wildman–Crippen MR) is 109 cm³/mol. The fraction of sp³-hybridized carbons (Fsp3) is 0.182. The number of rotatable bonds is 2. The Morgan fingerprint density at radius 1 is 0.778 bits per heavy atom. The molecule has 0 radical (unpaired) electrons. The zero-order chi connectivity index (χ0) is 18.5. The van der Waals surface area contributed by atoms with Crippen molar-refractivity contribution in [3.05, 3.63) is 79.1 Å². The van der Waals surface area contributed by atoms with Crippen molar-refractivity contribution in [2.45, 2.75) is 13.3 Å². The predicted octanol–water partition coefficient (Wildman–Crippen LogP) is 4.29. The Balaban J connectivity index is 0.000000257. The van der Waals surface area contributed by atoms with E-state index in [0.717, 1.165) is 35.6 Å². The summed E-state index contributed by atoms with van der Waals surface area (Å²) in [4.78, 5) is 19.0. The van der Waals surface area contributed by atoms with Gasteiger partial charge >= 0.3 is 0 Å². The molecule has 0 bridgehead atoms. The quantitative estimate of drug-likeness (QED) is 0.537. The van der Waals surface area contributed by atoms with Crippen molar-refractivity contribution in [3.8, 4) is 11.1 Å². The summed E-state index contributed by atoms with van der Waals surface area (Å²) in [7, 11) is 0. The Labute approximate surface area is 158 Å². The largest absolute Gasteiger partial charge is 0.356 e.